The van der Waals surface area contributed by atoms with Crippen LogP contribution in [0.5, 0.6) is 5.75 Å². The van der Waals surface area contributed by atoms with Crippen LogP contribution in [0.15, 0.2) is 67.3 Å². The van der Waals surface area contributed by atoms with Crippen molar-refractivity contribution in [3.05, 3.63) is 78.4 Å². The van der Waals surface area contributed by atoms with E-state index in [9.17, 15) is 4.79 Å². The second-order valence-electron chi connectivity index (χ2n) is 4.86. The number of hydrogen-bond donors (Lipinski definition) is 1. The molecule has 0 fully saturated rings. The Bertz CT molecular complexity index is 672. The highest BCUT2D eigenvalue weighted by Gasteiger charge is 2.00. The zero-order valence-corrected chi connectivity index (χ0v) is 12.6. The largest absolute Gasteiger partial charge is 0.489 e. The van der Waals surface area contributed by atoms with Crippen molar-refractivity contribution in [2.45, 2.75) is 6.92 Å². The first-order chi connectivity index (χ1) is 10.7. The SMILES string of the molecule is C=CCOc1cccc(NC(=O)/C=C/c2ccc(C)cc2)c1. The minimum absolute atomic E-state index is 0.179. The van der Waals surface area contributed by atoms with Crippen LogP contribution in [0.3, 0.4) is 0 Å². The topological polar surface area (TPSA) is 38.3 Å². The van der Waals surface area contributed by atoms with Gasteiger partial charge in [0.25, 0.3) is 0 Å². The van der Waals surface area contributed by atoms with Crippen molar-refractivity contribution in [2.24, 2.45) is 0 Å². The third-order valence-corrected chi connectivity index (χ3v) is 2.97. The second-order valence-corrected chi connectivity index (χ2v) is 4.86. The summed E-state index contributed by atoms with van der Waals surface area (Å²) in [5.41, 5.74) is 2.88. The molecule has 0 saturated carbocycles. The van der Waals surface area contributed by atoms with E-state index in [0.29, 0.717) is 18.0 Å². The van der Waals surface area contributed by atoms with E-state index in [1.54, 1.807) is 18.2 Å². The number of rotatable bonds is 6. The Morgan fingerprint density at radius 3 is 2.73 bits per heavy atom. The second kappa shape index (κ2) is 7.84. The smallest absolute Gasteiger partial charge is 0.248 e. The van der Waals surface area contributed by atoms with Gasteiger partial charge >= 0.3 is 0 Å². The maximum absolute atomic E-state index is 11.9. The molecule has 0 atom stereocenters. The average Bonchev–Trinajstić information content (AvgIpc) is 2.53. The monoisotopic (exact) mass is 293 g/mol. The van der Waals surface area contributed by atoms with Crippen molar-refractivity contribution < 1.29 is 9.53 Å². The Morgan fingerprint density at radius 1 is 1.23 bits per heavy atom. The molecule has 2 aromatic rings. The summed E-state index contributed by atoms with van der Waals surface area (Å²) in [4.78, 5) is 11.9. The van der Waals surface area contributed by atoms with Gasteiger partial charge in [0, 0.05) is 17.8 Å². The van der Waals surface area contributed by atoms with E-state index >= 15 is 0 Å². The summed E-state index contributed by atoms with van der Waals surface area (Å²) in [5.74, 6) is 0.515. The maximum atomic E-state index is 11.9. The van der Waals surface area contributed by atoms with Crippen LogP contribution in [0, 0.1) is 6.92 Å². The molecule has 3 heteroatoms. The lowest BCUT2D eigenvalue weighted by molar-refractivity contribution is -0.111. The highest BCUT2D eigenvalue weighted by molar-refractivity contribution is 6.02. The first-order valence-electron chi connectivity index (χ1n) is 7.07. The van der Waals surface area contributed by atoms with Crippen LogP contribution in [0.1, 0.15) is 11.1 Å². The van der Waals surface area contributed by atoms with Crippen molar-refractivity contribution in [2.75, 3.05) is 11.9 Å². The number of ether oxygens (including phenoxy) is 1. The molecule has 0 aromatic heterocycles. The number of carbonyl (C=O) groups is 1. The summed E-state index contributed by atoms with van der Waals surface area (Å²) < 4.78 is 5.43. The predicted molar refractivity (Wildman–Crippen MR) is 91.0 cm³/mol. The maximum Gasteiger partial charge on any atom is 0.248 e. The van der Waals surface area contributed by atoms with E-state index < -0.39 is 0 Å². The Balaban J connectivity index is 1.96. The first kappa shape index (κ1) is 15.6. The molecule has 0 aliphatic heterocycles. The fourth-order valence-corrected chi connectivity index (χ4v) is 1.85. The fraction of sp³-hybridized carbons (Fsp3) is 0.105. The minimum Gasteiger partial charge on any atom is -0.489 e. The molecule has 0 aliphatic carbocycles. The van der Waals surface area contributed by atoms with Crippen molar-refractivity contribution in [3.63, 3.8) is 0 Å². The van der Waals surface area contributed by atoms with Gasteiger partial charge in [0.2, 0.25) is 5.91 Å². The van der Waals surface area contributed by atoms with Crippen molar-refractivity contribution >= 4 is 17.7 Å². The lowest BCUT2D eigenvalue weighted by Crippen LogP contribution is -2.07. The minimum atomic E-state index is -0.179. The predicted octanol–water partition coefficient (Wildman–Crippen LogP) is 4.21. The van der Waals surface area contributed by atoms with Crippen LogP contribution >= 0.6 is 0 Å². The van der Waals surface area contributed by atoms with E-state index in [2.05, 4.69) is 11.9 Å². The van der Waals surface area contributed by atoms with E-state index in [1.807, 2.05) is 49.4 Å². The summed E-state index contributed by atoms with van der Waals surface area (Å²) >= 11 is 0. The Morgan fingerprint density at radius 2 is 2.00 bits per heavy atom. The lowest BCUT2D eigenvalue weighted by atomic mass is 10.1. The fourth-order valence-electron chi connectivity index (χ4n) is 1.85. The third kappa shape index (κ3) is 4.94. The van der Waals surface area contributed by atoms with Crippen molar-refractivity contribution in [3.8, 4) is 5.75 Å². The Hall–Kier alpha value is -2.81. The van der Waals surface area contributed by atoms with Crippen molar-refractivity contribution in [1.29, 1.82) is 0 Å². The normalized spacial score (nSPS) is 10.4. The van der Waals surface area contributed by atoms with Gasteiger partial charge < -0.3 is 10.1 Å². The molecule has 22 heavy (non-hydrogen) atoms. The molecule has 1 amide bonds. The summed E-state index contributed by atoms with van der Waals surface area (Å²) in [7, 11) is 0. The van der Waals surface area contributed by atoms with Gasteiger partial charge in [-0.25, -0.2) is 0 Å². The highest BCUT2D eigenvalue weighted by Crippen LogP contribution is 2.17. The summed E-state index contributed by atoms with van der Waals surface area (Å²) in [5, 5.41) is 2.81. The van der Waals surface area contributed by atoms with Gasteiger partial charge in [0.05, 0.1) is 0 Å². The molecule has 3 nitrogen and oxygen atoms in total. The quantitative estimate of drug-likeness (QED) is 0.640. The van der Waals surface area contributed by atoms with Crippen LogP contribution in [0.2, 0.25) is 0 Å². The van der Waals surface area contributed by atoms with Crippen molar-refractivity contribution in [1.82, 2.24) is 0 Å². The number of anilines is 1. The zero-order valence-electron chi connectivity index (χ0n) is 12.6. The first-order valence-corrected chi connectivity index (χ1v) is 7.07. The summed E-state index contributed by atoms with van der Waals surface area (Å²) in [6.07, 6.45) is 4.98. The van der Waals surface area contributed by atoms with Gasteiger partial charge in [-0.05, 0) is 30.7 Å². The van der Waals surface area contributed by atoms with Gasteiger partial charge in [0.15, 0.2) is 0 Å². The number of nitrogens with one attached hydrogen (secondary N) is 1. The third-order valence-electron chi connectivity index (χ3n) is 2.97. The molecule has 0 spiro atoms. The molecular weight excluding hydrogens is 274 g/mol. The number of hydrogen-bond acceptors (Lipinski definition) is 2. The molecule has 2 rings (SSSR count). The molecular formula is C19H19NO2. The van der Waals surface area contributed by atoms with Gasteiger partial charge in [-0.1, -0.05) is 48.6 Å². The average molecular weight is 293 g/mol. The van der Waals surface area contributed by atoms with Crippen LogP contribution in [-0.4, -0.2) is 12.5 Å². The van der Waals surface area contributed by atoms with Crippen LogP contribution in [0.25, 0.3) is 6.08 Å². The number of carbonyl (C=O) groups excluding carboxylic acids is 1. The molecule has 0 radical (unpaired) electrons. The molecule has 0 bridgehead atoms. The lowest BCUT2D eigenvalue weighted by Gasteiger charge is -2.06. The van der Waals surface area contributed by atoms with Crippen LogP contribution in [0.4, 0.5) is 5.69 Å². The molecule has 0 heterocycles. The molecule has 112 valence electrons. The van der Waals surface area contributed by atoms with Gasteiger partial charge in [-0.2, -0.15) is 0 Å². The van der Waals surface area contributed by atoms with Crippen LogP contribution < -0.4 is 10.1 Å². The molecule has 0 unspecified atom stereocenters. The Labute approximate surface area is 130 Å². The standard InChI is InChI=1S/C19H19NO2/c1-3-13-22-18-6-4-5-17(14-18)20-19(21)12-11-16-9-7-15(2)8-10-16/h3-12,14H,1,13H2,2H3,(H,20,21)/b12-11+. The van der Waals surface area contributed by atoms with E-state index in [-0.39, 0.29) is 5.91 Å². The van der Waals surface area contributed by atoms with Gasteiger partial charge in [-0.15, -0.1) is 0 Å². The summed E-state index contributed by atoms with van der Waals surface area (Å²) in [6, 6.07) is 15.2. The summed E-state index contributed by atoms with van der Waals surface area (Å²) in [6.45, 7) is 6.07. The molecule has 1 N–H and O–H groups in total. The molecule has 0 aliphatic rings. The van der Waals surface area contributed by atoms with E-state index in [0.717, 1.165) is 5.56 Å². The van der Waals surface area contributed by atoms with Gasteiger partial charge in [0.1, 0.15) is 12.4 Å². The van der Waals surface area contributed by atoms with Crippen LogP contribution in [-0.2, 0) is 4.79 Å². The molecule has 2 aromatic carbocycles. The van der Waals surface area contributed by atoms with E-state index in [1.165, 1.54) is 11.6 Å². The number of aryl methyl sites for hydroxylation is 1. The highest BCUT2D eigenvalue weighted by atomic mass is 16.5. The van der Waals surface area contributed by atoms with Gasteiger partial charge in [-0.3, -0.25) is 4.79 Å². The number of amides is 1. The Kier molecular flexibility index (Phi) is 5.55. The van der Waals surface area contributed by atoms with E-state index in [4.69, 9.17) is 4.74 Å². The number of benzene rings is 2. The zero-order chi connectivity index (χ0) is 15.8. The molecule has 0 saturated heterocycles.